The third kappa shape index (κ3) is 3.13. The van der Waals surface area contributed by atoms with Gasteiger partial charge in [0.15, 0.2) is 0 Å². The molecular formula is C14H17N3O3S2. The van der Waals surface area contributed by atoms with E-state index in [4.69, 9.17) is 4.74 Å². The fraction of sp³-hybridized carbons (Fsp3) is 0.429. The monoisotopic (exact) mass is 339 g/mol. The van der Waals surface area contributed by atoms with Gasteiger partial charge in [-0.15, -0.1) is 11.3 Å². The lowest BCUT2D eigenvalue weighted by molar-refractivity contribution is 0.206. The van der Waals surface area contributed by atoms with E-state index in [2.05, 4.69) is 9.97 Å². The lowest BCUT2D eigenvalue weighted by Gasteiger charge is -2.16. The van der Waals surface area contributed by atoms with Gasteiger partial charge in [0.1, 0.15) is 16.1 Å². The summed E-state index contributed by atoms with van der Waals surface area (Å²) in [5, 5.41) is 1.77. The zero-order chi connectivity index (χ0) is 15.7. The van der Waals surface area contributed by atoms with E-state index in [9.17, 15) is 8.42 Å². The van der Waals surface area contributed by atoms with Crippen LogP contribution >= 0.6 is 11.3 Å². The molecule has 0 saturated carbocycles. The minimum Gasteiger partial charge on any atom is -0.473 e. The molecule has 0 radical (unpaired) electrons. The minimum atomic E-state index is -3.40. The highest BCUT2D eigenvalue weighted by atomic mass is 32.2. The van der Waals surface area contributed by atoms with Gasteiger partial charge in [0.25, 0.3) is 10.0 Å². The highest BCUT2D eigenvalue weighted by Gasteiger charge is 2.34. The van der Waals surface area contributed by atoms with E-state index in [0.717, 1.165) is 5.69 Å². The van der Waals surface area contributed by atoms with Crippen LogP contribution in [0.3, 0.4) is 0 Å². The topological polar surface area (TPSA) is 72.4 Å². The van der Waals surface area contributed by atoms with Crippen molar-refractivity contribution in [2.45, 2.75) is 30.6 Å². The van der Waals surface area contributed by atoms with Gasteiger partial charge in [-0.1, -0.05) is 6.07 Å². The molecule has 1 aliphatic heterocycles. The van der Waals surface area contributed by atoms with Crippen LogP contribution in [0.2, 0.25) is 0 Å². The van der Waals surface area contributed by atoms with E-state index in [1.54, 1.807) is 23.6 Å². The van der Waals surface area contributed by atoms with Gasteiger partial charge < -0.3 is 4.74 Å². The Hall–Kier alpha value is -1.51. The first-order valence-corrected chi connectivity index (χ1v) is 9.30. The van der Waals surface area contributed by atoms with Crippen molar-refractivity contribution < 1.29 is 13.2 Å². The molecule has 2 aromatic heterocycles. The summed E-state index contributed by atoms with van der Waals surface area (Å²) in [6.45, 7) is 4.50. The lowest BCUT2D eigenvalue weighted by atomic mass is 10.3. The van der Waals surface area contributed by atoms with Gasteiger partial charge in [0.05, 0.1) is 6.54 Å². The van der Waals surface area contributed by atoms with Crippen molar-refractivity contribution in [2.24, 2.45) is 0 Å². The van der Waals surface area contributed by atoms with Gasteiger partial charge in [-0.2, -0.15) is 9.29 Å². The molecule has 0 N–H and O–H groups in total. The molecule has 1 atom stereocenters. The Bertz CT molecular complexity index is 739. The van der Waals surface area contributed by atoms with Gasteiger partial charge in [-0.25, -0.2) is 13.4 Å². The van der Waals surface area contributed by atoms with Crippen LogP contribution in [0, 0.1) is 13.8 Å². The maximum atomic E-state index is 12.5. The molecule has 118 valence electrons. The van der Waals surface area contributed by atoms with Crippen molar-refractivity contribution in [2.75, 3.05) is 13.1 Å². The Balaban J connectivity index is 1.70. The number of ether oxygens (including phenoxy) is 1. The number of hydrogen-bond donors (Lipinski definition) is 0. The van der Waals surface area contributed by atoms with Crippen molar-refractivity contribution in [3.63, 3.8) is 0 Å². The van der Waals surface area contributed by atoms with Crippen molar-refractivity contribution in [3.8, 4) is 5.88 Å². The summed E-state index contributed by atoms with van der Waals surface area (Å²) < 4.78 is 32.6. The van der Waals surface area contributed by atoms with E-state index in [0.29, 0.717) is 35.4 Å². The summed E-state index contributed by atoms with van der Waals surface area (Å²) in [6.07, 6.45) is 0.482. The van der Waals surface area contributed by atoms with Crippen LogP contribution in [0.5, 0.6) is 5.88 Å². The number of nitrogens with zero attached hydrogens (tertiary/aromatic N) is 3. The van der Waals surface area contributed by atoms with E-state index in [-0.39, 0.29) is 6.10 Å². The van der Waals surface area contributed by atoms with Crippen molar-refractivity contribution in [3.05, 3.63) is 35.1 Å². The van der Waals surface area contributed by atoms with Gasteiger partial charge in [-0.3, -0.25) is 0 Å². The first kappa shape index (κ1) is 15.4. The van der Waals surface area contributed by atoms with Crippen molar-refractivity contribution in [1.29, 1.82) is 0 Å². The summed E-state index contributed by atoms with van der Waals surface area (Å²) in [5.41, 5.74) is 0.837. The zero-order valence-corrected chi connectivity index (χ0v) is 14.0. The number of hydrogen-bond acceptors (Lipinski definition) is 6. The predicted octanol–water partition coefficient (Wildman–Crippen LogP) is 2.00. The molecule has 6 nitrogen and oxygen atoms in total. The Morgan fingerprint density at radius 1 is 1.36 bits per heavy atom. The number of rotatable bonds is 4. The van der Waals surface area contributed by atoms with Gasteiger partial charge in [-0.05, 0) is 31.7 Å². The third-order valence-electron chi connectivity index (χ3n) is 3.43. The van der Waals surface area contributed by atoms with Crippen LogP contribution in [0.15, 0.2) is 27.8 Å². The van der Waals surface area contributed by atoms with Crippen LogP contribution in [0.25, 0.3) is 0 Å². The molecule has 0 unspecified atom stereocenters. The standard InChI is InChI=1S/C14H17N3O3S2/c1-10-8-13(16-11(2)15-10)20-12-5-6-17(9-12)22(18,19)14-4-3-7-21-14/h3-4,7-8,12H,5-6,9H2,1-2H3/t12-/m0/s1. The summed E-state index contributed by atoms with van der Waals surface area (Å²) in [7, 11) is -3.40. The summed E-state index contributed by atoms with van der Waals surface area (Å²) in [6, 6.07) is 5.14. The molecule has 0 amide bonds. The summed E-state index contributed by atoms with van der Waals surface area (Å²) in [5.74, 6) is 1.15. The number of aromatic nitrogens is 2. The average molecular weight is 339 g/mol. The molecule has 1 saturated heterocycles. The zero-order valence-electron chi connectivity index (χ0n) is 12.4. The molecule has 0 aliphatic carbocycles. The second kappa shape index (κ2) is 5.94. The second-order valence-corrected chi connectivity index (χ2v) is 8.33. The first-order chi connectivity index (χ1) is 10.4. The van der Waals surface area contributed by atoms with E-state index in [1.807, 2.05) is 13.8 Å². The Labute approximate surface area is 133 Å². The summed E-state index contributed by atoms with van der Waals surface area (Å²) >= 11 is 1.23. The van der Waals surface area contributed by atoms with Crippen molar-refractivity contribution >= 4 is 21.4 Å². The van der Waals surface area contributed by atoms with Gasteiger partial charge in [0.2, 0.25) is 5.88 Å². The molecule has 0 bridgehead atoms. The largest absolute Gasteiger partial charge is 0.473 e. The van der Waals surface area contributed by atoms with E-state index >= 15 is 0 Å². The van der Waals surface area contributed by atoms with Crippen LogP contribution in [0.4, 0.5) is 0 Å². The molecule has 1 fully saturated rings. The molecule has 0 aromatic carbocycles. The Kier molecular flexibility index (Phi) is 4.16. The highest BCUT2D eigenvalue weighted by molar-refractivity contribution is 7.91. The molecule has 3 rings (SSSR count). The molecule has 3 heterocycles. The first-order valence-electron chi connectivity index (χ1n) is 6.98. The molecule has 8 heteroatoms. The van der Waals surface area contributed by atoms with E-state index in [1.165, 1.54) is 15.6 Å². The van der Waals surface area contributed by atoms with Crippen LogP contribution in [0.1, 0.15) is 17.9 Å². The van der Waals surface area contributed by atoms with Crippen LogP contribution < -0.4 is 4.74 Å². The molecule has 1 aliphatic rings. The predicted molar refractivity (Wildman–Crippen MR) is 83.6 cm³/mol. The molecular weight excluding hydrogens is 322 g/mol. The van der Waals surface area contributed by atoms with Crippen LogP contribution in [-0.2, 0) is 10.0 Å². The average Bonchev–Trinajstić information content (AvgIpc) is 3.08. The van der Waals surface area contributed by atoms with Gasteiger partial charge in [0, 0.05) is 18.3 Å². The normalized spacial score (nSPS) is 19.5. The quantitative estimate of drug-likeness (QED) is 0.852. The summed E-state index contributed by atoms with van der Waals surface area (Å²) in [4.78, 5) is 8.44. The van der Waals surface area contributed by atoms with Crippen molar-refractivity contribution in [1.82, 2.24) is 14.3 Å². The number of sulfonamides is 1. The number of thiophene rings is 1. The SMILES string of the molecule is Cc1cc(O[C@H]2CCN(S(=O)(=O)c3cccs3)C2)nc(C)n1. The smallest absolute Gasteiger partial charge is 0.252 e. The Morgan fingerprint density at radius 3 is 2.86 bits per heavy atom. The fourth-order valence-electron chi connectivity index (χ4n) is 2.46. The van der Waals surface area contributed by atoms with Crippen LogP contribution in [-0.4, -0.2) is 41.9 Å². The third-order valence-corrected chi connectivity index (χ3v) is 6.67. The maximum Gasteiger partial charge on any atom is 0.252 e. The lowest BCUT2D eigenvalue weighted by Crippen LogP contribution is -2.30. The molecule has 0 spiro atoms. The molecule has 22 heavy (non-hydrogen) atoms. The minimum absolute atomic E-state index is 0.177. The fourth-order valence-corrected chi connectivity index (χ4v) is 5.09. The molecule has 2 aromatic rings. The maximum absolute atomic E-state index is 12.5. The second-order valence-electron chi connectivity index (χ2n) is 5.22. The number of aryl methyl sites for hydroxylation is 2. The highest BCUT2D eigenvalue weighted by Crippen LogP contribution is 2.26. The van der Waals surface area contributed by atoms with E-state index < -0.39 is 10.0 Å². The Morgan fingerprint density at radius 2 is 2.18 bits per heavy atom. The van der Waals surface area contributed by atoms with Gasteiger partial charge >= 0.3 is 0 Å².